The minimum absolute atomic E-state index is 0.00625. The fourth-order valence-electron chi connectivity index (χ4n) is 7.53. The Morgan fingerprint density at radius 1 is 0.647 bits per heavy atom. The Morgan fingerprint density at radius 3 is 1.46 bits per heavy atom. The van der Waals surface area contributed by atoms with Gasteiger partial charge in [0.25, 0.3) is 16.7 Å². The SMILES string of the molecule is CC(Br)c1cc(=O)oc2[nH]c(=O)n(CC3CC3)c(=O)c12.CCc1cc(=O)oc2c1c(=O)n(CC1CC1)c(=O)n2COC.COCn1c(=O)n(CC2CC2)c(=O)c2c(C(C)Br)cc(=O)oc21.[B]=NS. The summed E-state index contributed by atoms with van der Waals surface area (Å²) >= 11 is 9.94. The molecule has 2 unspecified atom stereocenters. The van der Waals surface area contributed by atoms with Gasteiger partial charge in [0.15, 0.2) is 0 Å². The van der Waals surface area contributed by atoms with Gasteiger partial charge in [-0.05, 0) is 93.2 Å². The Kier molecular flexibility index (Phi) is 17.2. The predicted molar refractivity (Wildman–Crippen MR) is 263 cm³/mol. The number of nitrogens with zero attached hydrogens (tertiary/aromatic N) is 6. The summed E-state index contributed by atoms with van der Waals surface area (Å²) in [5, 5.41) is 0.792. The van der Waals surface area contributed by atoms with Crippen molar-refractivity contribution >= 4 is 85.6 Å². The molecule has 3 aliphatic carbocycles. The molecule has 0 aliphatic heterocycles. The molecule has 2 atom stereocenters. The third-order valence-electron chi connectivity index (χ3n) is 11.4. The number of nitrogens with one attached hydrogen (secondary N) is 1. The van der Waals surface area contributed by atoms with E-state index in [1.165, 1.54) is 55.3 Å². The zero-order chi connectivity index (χ0) is 49.7. The monoisotopic (exact) mass is 1090 g/mol. The van der Waals surface area contributed by atoms with Gasteiger partial charge in [0.05, 0.1) is 0 Å². The third-order valence-corrected chi connectivity index (χ3v) is 12.4. The van der Waals surface area contributed by atoms with Crippen molar-refractivity contribution in [1.29, 1.82) is 0 Å². The third kappa shape index (κ3) is 11.8. The van der Waals surface area contributed by atoms with E-state index in [2.05, 4.69) is 61.6 Å². The van der Waals surface area contributed by atoms with Crippen LogP contribution in [0.25, 0.3) is 33.3 Å². The van der Waals surface area contributed by atoms with Crippen LogP contribution in [0.5, 0.6) is 0 Å². The first-order chi connectivity index (χ1) is 32.4. The van der Waals surface area contributed by atoms with Crippen molar-refractivity contribution in [2.45, 2.75) is 108 Å². The molecule has 363 valence electrons. The number of rotatable bonds is 13. The van der Waals surface area contributed by atoms with Crippen molar-refractivity contribution in [3.8, 4) is 0 Å². The van der Waals surface area contributed by atoms with E-state index < -0.39 is 45.1 Å². The molecular weight excluding hydrogens is 1040 g/mol. The molecule has 6 aromatic heterocycles. The van der Waals surface area contributed by atoms with Crippen LogP contribution in [0.2, 0.25) is 0 Å². The van der Waals surface area contributed by atoms with E-state index in [9.17, 15) is 43.2 Å². The number of H-pyrrole nitrogens is 1. The van der Waals surface area contributed by atoms with Crippen molar-refractivity contribution in [3.05, 3.63) is 129 Å². The number of methoxy groups -OCH3 is 2. The molecule has 0 spiro atoms. The van der Waals surface area contributed by atoms with E-state index in [1.807, 2.05) is 20.8 Å². The number of fused-ring (bicyclic) bond motifs is 3. The van der Waals surface area contributed by atoms with E-state index in [-0.39, 0.29) is 56.6 Å². The quantitative estimate of drug-likeness (QED) is 0.0942. The van der Waals surface area contributed by atoms with Crippen LogP contribution in [0.15, 0.2) is 78.9 Å². The molecular formula is C43H49BBr2N7O14S. The number of alkyl halides is 2. The Hall–Kier alpha value is -5.24. The summed E-state index contributed by atoms with van der Waals surface area (Å²) in [5.41, 5.74) is -3.00. The summed E-state index contributed by atoms with van der Waals surface area (Å²) in [6, 6.07) is 3.88. The number of aromatic amines is 1. The minimum atomic E-state index is -0.609. The second kappa shape index (κ2) is 22.5. The number of halogens is 2. The Balaban J connectivity index is 0.000000163. The molecule has 0 bridgehead atoms. The summed E-state index contributed by atoms with van der Waals surface area (Å²) < 4.78 is 34.1. The van der Waals surface area contributed by atoms with Gasteiger partial charge in [-0.3, -0.25) is 33.1 Å². The first kappa shape index (κ1) is 52.1. The van der Waals surface area contributed by atoms with E-state index in [4.69, 9.17) is 22.7 Å². The van der Waals surface area contributed by atoms with Gasteiger partial charge in [0.2, 0.25) is 17.1 Å². The van der Waals surface area contributed by atoms with Crippen LogP contribution in [-0.4, -0.2) is 49.7 Å². The fourth-order valence-corrected chi connectivity index (χ4v) is 8.25. The summed E-state index contributed by atoms with van der Waals surface area (Å²) in [6.07, 6.45) is 6.66. The molecule has 0 amide bonds. The molecule has 3 fully saturated rings. The maximum absolute atomic E-state index is 12.8. The van der Waals surface area contributed by atoms with E-state index >= 15 is 0 Å². The van der Waals surface area contributed by atoms with Crippen LogP contribution in [0.3, 0.4) is 0 Å². The molecule has 3 aliphatic rings. The zero-order valence-electron chi connectivity index (χ0n) is 37.8. The molecule has 21 nitrogen and oxygen atoms in total. The molecule has 68 heavy (non-hydrogen) atoms. The fraction of sp³-hybridized carbons (Fsp3) is 0.512. The Bertz CT molecular complexity index is 3430. The van der Waals surface area contributed by atoms with Crippen LogP contribution in [0.4, 0.5) is 0 Å². The van der Waals surface area contributed by atoms with Crippen molar-refractivity contribution in [2.75, 3.05) is 14.2 Å². The summed E-state index contributed by atoms with van der Waals surface area (Å²) in [4.78, 5) is 112. The molecule has 6 heterocycles. The van der Waals surface area contributed by atoms with Gasteiger partial charge >= 0.3 is 58.7 Å². The van der Waals surface area contributed by atoms with Gasteiger partial charge in [0, 0.05) is 61.7 Å². The predicted octanol–water partition coefficient (Wildman–Crippen LogP) is 3.97. The average molecular weight is 1090 g/mol. The summed E-state index contributed by atoms with van der Waals surface area (Å²) in [5.74, 6) is 1.13. The van der Waals surface area contributed by atoms with Gasteiger partial charge in [-0.2, -0.15) is 0 Å². The van der Waals surface area contributed by atoms with Crippen molar-refractivity contribution < 1.29 is 22.7 Å². The normalized spacial score (nSPS) is 15.2. The zero-order valence-corrected chi connectivity index (χ0v) is 41.8. The summed E-state index contributed by atoms with van der Waals surface area (Å²) in [6.45, 7) is 6.50. The Morgan fingerprint density at radius 2 is 1.03 bits per heavy atom. The van der Waals surface area contributed by atoms with Crippen molar-refractivity contribution in [2.24, 2.45) is 22.1 Å². The number of thiol groups is 1. The van der Waals surface area contributed by atoms with Crippen LogP contribution in [-0.2, 0) is 49.0 Å². The Labute approximate surface area is 407 Å². The van der Waals surface area contributed by atoms with Gasteiger partial charge in [0.1, 0.15) is 29.6 Å². The van der Waals surface area contributed by atoms with Gasteiger partial charge < -0.3 is 22.7 Å². The molecule has 6 aromatic rings. The molecule has 1 radical (unpaired) electrons. The van der Waals surface area contributed by atoms with Crippen LogP contribution in [0.1, 0.15) is 85.6 Å². The van der Waals surface area contributed by atoms with E-state index in [1.54, 1.807) is 0 Å². The van der Waals surface area contributed by atoms with Gasteiger partial charge in [-0.1, -0.05) is 38.8 Å². The number of aryl methyl sites for hydroxylation is 1. The maximum atomic E-state index is 12.8. The molecule has 0 saturated heterocycles. The first-order valence-electron chi connectivity index (χ1n) is 21.6. The van der Waals surface area contributed by atoms with Crippen molar-refractivity contribution in [3.63, 3.8) is 0 Å². The second-order valence-corrected chi connectivity index (χ2v) is 19.6. The van der Waals surface area contributed by atoms with Crippen LogP contribution >= 0.6 is 44.7 Å². The van der Waals surface area contributed by atoms with E-state index in [0.29, 0.717) is 65.9 Å². The number of ether oxygens (including phenoxy) is 2. The van der Waals surface area contributed by atoms with Crippen LogP contribution in [0, 0.1) is 17.8 Å². The van der Waals surface area contributed by atoms with Gasteiger partial charge in [-0.25, -0.2) is 37.9 Å². The molecule has 25 heteroatoms. The standard InChI is InChI=1S/C15H17BrN2O5.C15H18N2O5.C13H13BrN2O4.BHNS/c1-8(16)10-5-11(19)23-14-12(10)13(20)17(6-9-3-4-9)15(21)18(14)7-22-2;1-3-10-6-11(18)22-14-12(10)13(19)16(7-9-4-5-9)15(20)17(14)8-21-2;1-6(14)8-4-9(17)20-11-10(8)12(18)16(13(19)15-11)5-7-2-3-7;1-2-3/h5,8-9H,3-4,6-7H2,1-2H3;6,9H,3-5,7-8H2,1-2H3;4,6-7H,2-3,5H2,1H3,(H,15,19);3H. The van der Waals surface area contributed by atoms with E-state index in [0.717, 1.165) is 38.5 Å². The second-order valence-electron chi connectivity index (χ2n) is 16.7. The summed E-state index contributed by atoms with van der Waals surface area (Å²) in [7, 11) is 7.21. The average Bonchev–Trinajstić information content (AvgIpc) is 4.13. The van der Waals surface area contributed by atoms with Crippen LogP contribution < -0.4 is 50.6 Å². The number of hydrogen-bond acceptors (Lipinski definition) is 16. The number of hydrogen-bond donors (Lipinski definition) is 2. The topological polar surface area (TPSA) is 264 Å². The molecule has 3 saturated carbocycles. The molecule has 0 aromatic carbocycles. The first-order valence-corrected chi connectivity index (χ1v) is 23.8. The molecule has 1 N–H and O–H groups in total. The number of aromatic nitrogens is 6. The van der Waals surface area contributed by atoms with Crippen molar-refractivity contribution in [1.82, 2.24) is 27.8 Å². The molecule has 9 rings (SSSR count). The van der Waals surface area contributed by atoms with Gasteiger partial charge in [-0.15, -0.1) is 0 Å².